The molecule has 3 aromatic rings. The smallest absolute Gasteiger partial charge is 0.316 e. The fourth-order valence-electron chi connectivity index (χ4n) is 2.02. The number of carbonyl (C=O) groups is 1. The van der Waals surface area contributed by atoms with Crippen molar-refractivity contribution in [2.75, 3.05) is 6.61 Å². The van der Waals surface area contributed by atoms with Crippen LogP contribution in [0, 0.1) is 0 Å². The lowest BCUT2D eigenvalue weighted by Gasteiger charge is -2.09. The number of nitrogens with zero attached hydrogens (tertiary/aromatic N) is 2. The highest BCUT2D eigenvalue weighted by atomic mass is 32.1. The normalized spacial score (nSPS) is 10.5. The van der Waals surface area contributed by atoms with E-state index in [4.69, 9.17) is 9.26 Å². The van der Waals surface area contributed by atoms with E-state index in [9.17, 15) is 4.79 Å². The first kappa shape index (κ1) is 15.2. The Balaban J connectivity index is 1.66. The Kier molecular flexibility index (Phi) is 4.68. The Morgan fingerprint density at radius 1 is 1.30 bits per heavy atom. The van der Waals surface area contributed by atoms with Crippen LogP contribution < -0.4 is 10.1 Å². The number of benzene rings is 1. The van der Waals surface area contributed by atoms with Crippen LogP contribution in [0.5, 0.6) is 5.75 Å². The van der Waals surface area contributed by atoms with E-state index < -0.39 is 5.91 Å². The summed E-state index contributed by atoms with van der Waals surface area (Å²) in [4.78, 5) is 17.1. The lowest BCUT2D eigenvalue weighted by atomic mass is 10.2. The first-order valence-electron chi connectivity index (χ1n) is 7.14. The monoisotopic (exact) mass is 329 g/mol. The second kappa shape index (κ2) is 7.06. The van der Waals surface area contributed by atoms with Crippen molar-refractivity contribution in [3.63, 3.8) is 0 Å². The quantitative estimate of drug-likeness (QED) is 0.752. The largest absolute Gasteiger partial charge is 0.494 e. The van der Waals surface area contributed by atoms with E-state index in [2.05, 4.69) is 15.5 Å². The summed E-state index contributed by atoms with van der Waals surface area (Å²) in [7, 11) is 0. The molecule has 2 aromatic heterocycles. The second-order valence-corrected chi connectivity index (χ2v) is 5.57. The second-order valence-electron chi connectivity index (χ2n) is 4.62. The molecular weight excluding hydrogens is 314 g/mol. The van der Waals surface area contributed by atoms with Crippen LogP contribution in [-0.2, 0) is 6.54 Å². The maximum Gasteiger partial charge on any atom is 0.316 e. The number of rotatable bonds is 6. The van der Waals surface area contributed by atoms with Gasteiger partial charge in [0.05, 0.1) is 11.5 Å². The fourth-order valence-corrected chi connectivity index (χ4v) is 2.67. The van der Waals surface area contributed by atoms with Crippen LogP contribution in [0.15, 0.2) is 46.3 Å². The maximum absolute atomic E-state index is 12.1. The molecule has 0 bridgehead atoms. The molecule has 0 aliphatic carbocycles. The summed E-state index contributed by atoms with van der Waals surface area (Å²) in [6.07, 6.45) is 0. The average Bonchev–Trinajstić information content (AvgIpc) is 3.25. The number of hydrogen-bond donors (Lipinski definition) is 1. The lowest BCUT2D eigenvalue weighted by molar-refractivity contribution is 0.0906. The van der Waals surface area contributed by atoms with Crippen molar-refractivity contribution in [2.45, 2.75) is 13.5 Å². The molecule has 0 unspecified atom stereocenters. The molecule has 6 nitrogen and oxygen atoms in total. The first-order valence-corrected chi connectivity index (χ1v) is 8.02. The predicted octanol–water partition coefficient (Wildman–Crippen LogP) is 3.13. The topological polar surface area (TPSA) is 77.2 Å². The molecule has 0 aliphatic rings. The van der Waals surface area contributed by atoms with Crippen LogP contribution in [-0.4, -0.2) is 22.7 Å². The molecular formula is C16H15N3O3S. The Morgan fingerprint density at radius 3 is 2.96 bits per heavy atom. The number of hydrogen-bond acceptors (Lipinski definition) is 6. The molecule has 0 aliphatic heterocycles. The zero-order valence-electron chi connectivity index (χ0n) is 12.5. The van der Waals surface area contributed by atoms with Crippen LogP contribution >= 0.6 is 11.3 Å². The van der Waals surface area contributed by atoms with E-state index in [1.807, 2.05) is 48.7 Å². The van der Waals surface area contributed by atoms with Crippen molar-refractivity contribution in [1.29, 1.82) is 0 Å². The van der Waals surface area contributed by atoms with Crippen molar-refractivity contribution >= 4 is 17.2 Å². The third-order valence-corrected chi connectivity index (χ3v) is 3.94. The summed E-state index contributed by atoms with van der Waals surface area (Å²) in [6.45, 7) is 2.81. The SMILES string of the molecule is CCOc1ccccc1CNC(=O)c1nc(-c2cccs2)no1. The van der Waals surface area contributed by atoms with Crippen LogP contribution in [0.2, 0.25) is 0 Å². The highest BCUT2D eigenvalue weighted by Gasteiger charge is 2.16. The molecule has 1 amide bonds. The van der Waals surface area contributed by atoms with Gasteiger partial charge in [-0.15, -0.1) is 11.3 Å². The van der Waals surface area contributed by atoms with E-state index in [1.165, 1.54) is 11.3 Å². The highest BCUT2D eigenvalue weighted by molar-refractivity contribution is 7.13. The molecule has 7 heteroatoms. The van der Waals surface area contributed by atoms with Gasteiger partial charge in [0.15, 0.2) is 0 Å². The number of para-hydroxylation sites is 1. The predicted molar refractivity (Wildman–Crippen MR) is 86.4 cm³/mol. The molecule has 1 N–H and O–H groups in total. The van der Waals surface area contributed by atoms with Gasteiger partial charge < -0.3 is 14.6 Å². The van der Waals surface area contributed by atoms with Gasteiger partial charge in [-0.3, -0.25) is 4.79 Å². The van der Waals surface area contributed by atoms with E-state index in [-0.39, 0.29) is 5.89 Å². The van der Waals surface area contributed by atoms with Gasteiger partial charge >= 0.3 is 11.8 Å². The Bertz CT molecular complexity index is 783. The number of carbonyl (C=O) groups excluding carboxylic acids is 1. The van der Waals surface area contributed by atoms with E-state index in [1.54, 1.807) is 0 Å². The van der Waals surface area contributed by atoms with Gasteiger partial charge in [0.25, 0.3) is 0 Å². The zero-order valence-corrected chi connectivity index (χ0v) is 13.3. The maximum atomic E-state index is 12.1. The van der Waals surface area contributed by atoms with Gasteiger partial charge in [0, 0.05) is 12.1 Å². The average molecular weight is 329 g/mol. The minimum Gasteiger partial charge on any atom is -0.494 e. The summed E-state index contributed by atoms with van der Waals surface area (Å²) in [5, 5.41) is 8.49. The molecule has 1 aromatic carbocycles. The fraction of sp³-hybridized carbons (Fsp3) is 0.188. The van der Waals surface area contributed by atoms with E-state index >= 15 is 0 Å². The number of amides is 1. The van der Waals surface area contributed by atoms with Crippen LogP contribution in [0.3, 0.4) is 0 Å². The van der Waals surface area contributed by atoms with Gasteiger partial charge in [0.1, 0.15) is 5.75 Å². The van der Waals surface area contributed by atoms with Crippen LogP contribution in [0.25, 0.3) is 10.7 Å². The Morgan fingerprint density at radius 2 is 2.17 bits per heavy atom. The Hall–Kier alpha value is -2.67. The number of aromatic nitrogens is 2. The number of thiophene rings is 1. The first-order chi connectivity index (χ1) is 11.3. The van der Waals surface area contributed by atoms with Gasteiger partial charge in [-0.1, -0.05) is 29.4 Å². The van der Waals surface area contributed by atoms with Crippen molar-refractivity contribution in [3.05, 3.63) is 53.2 Å². The van der Waals surface area contributed by atoms with Crippen LogP contribution in [0.4, 0.5) is 0 Å². The number of nitrogens with one attached hydrogen (secondary N) is 1. The molecule has 0 fully saturated rings. The third-order valence-electron chi connectivity index (χ3n) is 3.07. The zero-order chi connectivity index (χ0) is 16.1. The van der Waals surface area contributed by atoms with Crippen LogP contribution in [0.1, 0.15) is 23.2 Å². The molecule has 118 valence electrons. The van der Waals surface area contributed by atoms with Gasteiger partial charge in [-0.2, -0.15) is 4.98 Å². The minimum absolute atomic E-state index is 0.0534. The summed E-state index contributed by atoms with van der Waals surface area (Å²) in [5.74, 6) is 0.703. The molecule has 2 heterocycles. The van der Waals surface area contributed by atoms with E-state index in [0.717, 1.165) is 16.2 Å². The molecule has 0 spiro atoms. The van der Waals surface area contributed by atoms with Gasteiger partial charge in [-0.25, -0.2) is 0 Å². The molecule has 0 saturated heterocycles. The van der Waals surface area contributed by atoms with Crippen molar-refractivity contribution in [1.82, 2.24) is 15.5 Å². The summed E-state index contributed by atoms with van der Waals surface area (Å²) in [5.41, 5.74) is 0.890. The lowest BCUT2D eigenvalue weighted by Crippen LogP contribution is -2.23. The standard InChI is InChI=1S/C16H15N3O3S/c1-2-21-12-7-4-3-6-11(12)10-17-15(20)16-18-14(19-22-16)13-8-5-9-23-13/h3-9H,2,10H2,1H3,(H,17,20). The van der Waals surface area contributed by atoms with E-state index in [0.29, 0.717) is 19.0 Å². The van der Waals surface area contributed by atoms with Crippen molar-refractivity contribution in [2.24, 2.45) is 0 Å². The summed E-state index contributed by atoms with van der Waals surface area (Å²) >= 11 is 1.49. The molecule has 0 saturated carbocycles. The van der Waals surface area contributed by atoms with Crippen molar-refractivity contribution in [3.8, 4) is 16.5 Å². The van der Waals surface area contributed by atoms with Gasteiger partial charge in [0.2, 0.25) is 5.82 Å². The highest BCUT2D eigenvalue weighted by Crippen LogP contribution is 2.21. The molecule has 0 atom stereocenters. The van der Waals surface area contributed by atoms with Gasteiger partial charge in [-0.05, 0) is 24.4 Å². The van der Waals surface area contributed by atoms with Crippen molar-refractivity contribution < 1.29 is 14.1 Å². The molecule has 3 rings (SSSR count). The summed E-state index contributed by atoms with van der Waals surface area (Å²) in [6, 6.07) is 11.3. The minimum atomic E-state index is -0.411. The molecule has 0 radical (unpaired) electrons. The summed E-state index contributed by atoms with van der Waals surface area (Å²) < 4.78 is 10.5. The Labute approximate surface area is 137 Å². The number of ether oxygens (including phenoxy) is 1. The molecule has 23 heavy (non-hydrogen) atoms. The third kappa shape index (κ3) is 3.57.